The number of fused-ring (bicyclic) bond motifs is 2. The fraction of sp³-hybridized carbons (Fsp3) is 0.294. The molecule has 0 aliphatic carbocycles. The Morgan fingerprint density at radius 2 is 1.95 bits per heavy atom. The highest BCUT2D eigenvalue weighted by Gasteiger charge is 2.28. The molecule has 2 heterocycles. The van der Waals surface area contributed by atoms with Crippen molar-refractivity contribution in [1.82, 2.24) is 5.32 Å². The van der Waals surface area contributed by atoms with Crippen molar-refractivity contribution in [2.24, 2.45) is 0 Å². The summed E-state index contributed by atoms with van der Waals surface area (Å²) in [7, 11) is 0. The largest absolute Gasteiger partial charge is 0.454 e. The van der Waals surface area contributed by atoms with E-state index in [0.717, 1.165) is 24.3 Å². The highest BCUT2D eigenvalue weighted by atomic mass is 16.7. The zero-order chi connectivity index (χ0) is 14.2. The summed E-state index contributed by atoms with van der Waals surface area (Å²) in [6.07, 6.45) is 0.390. The van der Waals surface area contributed by atoms with Crippen LogP contribution in [0.15, 0.2) is 42.5 Å². The van der Waals surface area contributed by atoms with Crippen LogP contribution in [0.2, 0.25) is 0 Å². The van der Waals surface area contributed by atoms with Crippen LogP contribution in [0, 0.1) is 0 Å². The summed E-state index contributed by atoms with van der Waals surface area (Å²) >= 11 is 0. The zero-order valence-corrected chi connectivity index (χ0v) is 11.6. The molecule has 108 valence electrons. The van der Waals surface area contributed by atoms with Gasteiger partial charge in [-0.2, -0.15) is 0 Å². The first kappa shape index (κ1) is 12.7. The van der Waals surface area contributed by atoms with Gasteiger partial charge in [-0.3, -0.25) is 0 Å². The minimum atomic E-state index is -0.610. The van der Waals surface area contributed by atoms with E-state index in [1.807, 2.05) is 30.3 Å². The molecule has 0 bridgehead atoms. The van der Waals surface area contributed by atoms with E-state index in [2.05, 4.69) is 17.4 Å². The lowest BCUT2D eigenvalue weighted by atomic mass is 9.88. The number of aliphatic hydroxyl groups is 1. The predicted molar refractivity (Wildman–Crippen MR) is 78.4 cm³/mol. The lowest BCUT2D eigenvalue weighted by molar-refractivity contribution is 0.125. The monoisotopic (exact) mass is 283 g/mol. The standard InChI is InChI=1S/C17H17NO3/c19-17(12-5-6-14-15(9-12)21-10-20-14)16-13-4-2-1-3-11(13)7-8-18-16/h1-6,9,16-19H,7-8,10H2. The van der Waals surface area contributed by atoms with E-state index in [0.29, 0.717) is 5.75 Å². The molecule has 0 fully saturated rings. The predicted octanol–water partition coefficient (Wildman–Crippen LogP) is 2.34. The smallest absolute Gasteiger partial charge is 0.231 e. The molecule has 2 atom stereocenters. The summed E-state index contributed by atoms with van der Waals surface area (Å²) in [6, 6.07) is 13.8. The molecule has 4 rings (SSSR count). The Bertz CT molecular complexity index is 671. The van der Waals surface area contributed by atoms with Gasteiger partial charge in [-0.05, 0) is 41.8 Å². The van der Waals surface area contributed by atoms with Crippen LogP contribution in [0.4, 0.5) is 0 Å². The summed E-state index contributed by atoms with van der Waals surface area (Å²) < 4.78 is 10.7. The molecule has 21 heavy (non-hydrogen) atoms. The van der Waals surface area contributed by atoms with Crippen LogP contribution in [-0.2, 0) is 6.42 Å². The van der Waals surface area contributed by atoms with Crippen molar-refractivity contribution in [3.05, 3.63) is 59.2 Å². The Kier molecular flexibility index (Phi) is 3.05. The Morgan fingerprint density at radius 3 is 2.90 bits per heavy atom. The molecule has 2 aliphatic rings. The molecule has 2 N–H and O–H groups in total. The Hall–Kier alpha value is -2.04. The summed E-state index contributed by atoms with van der Waals surface area (Å²) in [6.45, 7) is 1.13. The van der Waals surface area contributed by atoms with E-state index in [1.165, 1.54) is 11.1 Å². The summed E-state index contributed by atoms with van der Waals surface area (Å²) in [4.78, 5) is 0. The Morgan fingerprint density at radius 1 is 1.10 bits per heavy atom. The van der Waals surface area contributed by atoms with E-state index < -0.39 is 6.10 Å². The molecular weight excluding hydrogens is 266 g/mol. The Balaban J connectivity index is 1.68. The van der Waals surface area contributed by atoms with Gasteiger partial charge in [0.25, 0.3) is 0 Å². The third-order valence-electron chi connectivity index (χ3n) is 4.20. The van der Waals surface area contributed by atoms with Crippen molar-refractivity contribution in [3.8, 4) is 11.5 Å². The maximum atomic E-state index is 10.8. The SMILES string of the molecule is OC(c1ccc2c(c1)OCO2)C1NCCc2ccccc21. The van der Waals surface area contributed by atoms with Gasteiger partial charge in [-0.15, -0.1) is 0 Å². The summed E-state index contributed by atoms with van der Waals surface area (Å²) in [5.41, 5.74) is 3.32. The minimum Gasteiger partial charge on any atom is -0.454 e. The molecule has 0 spiro atoms. The second-order valence-corrected chi connectivity index (χ2v) is 5.44. The quantitative estimate of drug-likeness (QED) is 0.888. The fourth-order valence-corrected chi connectivity index (χ4v) is 3.11. The van der Waals surface area contributed by atoms with Crippen molar-refractivity contribution in [1.29, 1.82) is 0 Å². The lowest BCUT2D eigenvalue weighted by Crippen LogP contribution is -2.33. The third kappa shape index (κ3) is 2.17. The molecule has 2 aliphatic heterocycles. The van der Waals surface area contributed by atoms with Gasteiger partial charge in [-0.1, -0.05) is 30.3 Å². The molecule has 0 amide bonds. The van der Waals surface area contributed by atoms with E-state index in [1.54, 1.807) is 0 Å². The van der Waals surface area contributed by atoms with Gasteiger partial charge in [0.2, 0.25) is 6.79 Å². The first-order valence-corrected chi connectivity index (χ1v) is 7.22. The average Bonchev–Trinajstić information content (AvgIpc) is 3.01. The van der Waals surface area contributed by atoms with E-state index >= 15 is 0 Å². The van der Waals surface area contributed by atoms with Gasteiger partial charge in [0, 0.05) is 0 Å². The molecule has 2 unspecified atom stereocenters. The maximum Gasteiger partial charge on any atom is 0.231 e. The summed E-state index contributed by atoms with van der Waals surface area (Å²) in [5, 5.41) is 14.2. The first-order valence-electron chi connectivity index (χ1n) is 7.22. The van der Waals surface area contributed by atoms with Gasteiger partial charge in [0.05, 0.1) is 12.1 Å². The lowest BCUT2D eigenvalue weighted by Gasteiger charge is -2.31. The molecular formula is C17H17NO3. The zero-order valence-electron chi connectivity index (χ0n) is 11.6. The molecule has 0 saturated carbocycles. The summed E-state index contributed by atoms with van der Waals surface area (Å²) in [5.74, 6) is 1.44. The van der Waals surface area contributed by atoms with Crippen LogP contribution in [-0.4, -0.2) is 18.4 Å². The second-order valence-electron chi connectivity index (χ2n) is 5.44. The minimum absolute atomic E-state index is 0.0877. The fourth-order valence-electron chi connectivity index (χ4n) is 3.11. The van der Waals surface area contributed by atoms with Crippen LogP contribution >= 0.6 is 0 Å². The molecule has 0 radical (unpaired) electrons. The van der Waals surface area contributed by atoms with E-state index in [9.17, 15) is 5.11 Å². The van der Waals surface area contributed by atoms with Crippen LogP contribution in [0.5, 0.6) is 11.5 Å². The molecule has 0 saturated heterocycles. The number of nitrogens with one attached hydrogen (secondary N) is 1. The molecule has 0 aromatic heterocycles. The van der Waals surface area contributed by atoms with Crippen LogP contribution in [0.3, 0.4) is 0 Å². The Labute approximate surface area is 123 Å². The highest BCUT2D eigenvalue weighted by Crippen LogP contribution is 2.38. The van der Waals surface area contributed by atoms with Gasteiger partial charge in [0.15, 0.2) is 11.5 Å². The molecule has 2 aromatic carbocycles. The van der Waals surface area contributed by atoms with Crippen molar-refractivity contribution < 1.29 is 14.6 Å². The molecule has 4 heteroatoms. The molecule has 4 nitrogen and oxygen atoms in total. The average molecular weight is 283 g/mol. The second kappa shape index (κ2) is 5.06. The van der Waals surface area contributed by atoms with Crippen molar-refractivity contribution in [3.63, 3.8) is 0 Å². The van der Waals surface area contributed by atoms with Gasteiger partial charge >= 0.3 is 0 Å². The number of ether oxygens (including phenoxy) is 2. The highest BCUT2D eigenvalue weighted by molar-refractivity contribution is 5.46. The number of aliphatic hydroxyl groups excluding tert-OH is 1. The van der Waals surface area contributed by atoms with Crippen LogP contribution in [0.25, 0.3) is 0 Å². The van der Waals surface area contributed by atoms with Crippen LogP contribution < -0.4 is 14.8 Å². The van der Waals surface area contributed by atoms with Crippen molar-refractivity contribution in [2.45, 2.75) is 18.6 Å². The van der Waals surface area contributed by atoms with Gasteiger partial charge in [-0.25, -0.2) is 0 Å². The number of rotatable bonds is 2. The maximum absolute atomic E-state index is 10.8. The van der Waals surface area contributed by atoms with Crippen molar-refractivity contribution >= 4 is 0 Å². The van der Waals surface area contributed by atoms with Crippen LogP contribution in [0.1, 0.15) is 28.8 Å². The van der Waals surface area contributed by atoms with E-state index in [-0.39, 0.29) is 12.8 Å². The number of hydrogen-bond acceptors (Lipinski definition) is 4. The van der Waals surface area contributed by atoms with Crippen molar-refractivity contribution in [2.75, 3.05) is 13.3 Å². The normalized spacial score (nSPS) is 20.9. The van der Waals surface area contributed by atoms with Gasteiger partial charge < -0.3 is 19.9 Å². The number of benzene rings is 2. The number of hydrogen-bond donors (Lipinski definition) is 2. The topological polar surface area (TPSA) is 50.7 Å². The van der Waals surface area contributed by atoms with E-state index in [4.69, 9.17) is 9.47 Å². The third-order valence-corrected chi connectivity index (χ3v) is 4.20. The van der Waals surface area contributed by atoms with Gasteiger partial charge in [0.1, 0.15) is 0 Å². The first-order chi connectivity index (χ1) is 10.3. The molecule has 2 aromatic rings.